The molecule has 4 rings (SSSR count). The van der Waals surface area contributed by atoms with Crippen LogP contribution in [0.2, 0.25) is 0 Å². The Bertz CT molecular complexity index is 1200. The topological polar surface area (TPSA) is 153 Å². The molecule has 4 heterocycles. The number of likely N-dealkylation sites (tertiary alicyclic amines) is 1. The first-order valence-corrected chi connectivity index (χ1v) is 13.3. The van der Waals surface area contributed by atoms with Gasteiger partial charge in [-0.25, -0.2) is 14.4 Å². The molecule has 0 aliphatic carbocycles. The molecule has 3 N–H and O–H groups in total. The van der Waals surface area contributed by atoms with Gasteiger partial charge in [0.15, 0.2) is 0 Å². The van der Waals surface area contributed by atoms with Gasteiger partial charge < -0.3 is 20.1 Å². The van der Waals surface area contributed by atoms with E-state index in [1.807, 2.05) is 24.7 Å². The number of halogens is 9. The summed E-state index contributed by atoms with van der Waals surface area (Å²) in [5.74, 6) is -8.27. The molecule has 11 nitrogen and oxygen atoms in total. The molecule has 2 aromatic heterocycles. The quantitative estimate of drug-likeness (QED) is 0.376. The highest BCUT2D eigenvalue weighted by atomic mass is 19.4. The molecule has 0 amide bonds. The number of hydrogen-bond acceptors (Lipinski definition) is 8. The predicted molar refractivity (Wildman–Crippen MR) is 143 cm³/mol. The lowest BCUT2D eigenvalue weighted by Crippen LogP contribution is -2.44. The van der Waals surface area contributed by atoms with Crippen LogP contribution >= 0.6 is 0 Å². The minimum Gasteiger partial charge on any atom is -0.475 e. The van der Waals surface area contributed by atoms with Gasteiger partial charge in [0.25, 0.3) is 0 Å². The van der Waals surface area contributed by atoms with Crippen LogP contribution in [0.3, 0.4) is 0 Å². The van der Waals surface area contributed by atoms with E-state index in [4.69, 9.17) is 34.4 Å². The number of pyridine rings is 2. The van der Waals surface area contributed by atoms with Gasteiger partial charge in [-0.2, -0.15) is 39.5 Å². The van der Waals surface area contributed by atoms with Gasteiger partial charge in [0, 0.05) is 50.8 Å². The lowest BCUT2D eigenvalue weighted by Gasteiger charge is -2.38. The van der Waals surface area contributed by atoms with E-state index in [0.717, 1.165) is 57.7 Å². The van der Waals surface area contributed by atoms with Crippen LogP contribution in [0.1, 0.15) is 30.5 Å². The fourth-order valence-electron chi connectivity index (χ4n) is 4.20. The number of piperidine rings is 1. The molecule has 0 radical (unpaired) electrons. The van der Waals surface area contributed by atoms with Crippen LogP contribution in [0, 0.1) is 0 Å². The molecule has 20 heteroatoms. The largest absolute Gasteiger partial charge is 0.490 e. The van der Waals surface area contributed by atoms with Crippen molar-refractivity contribution in [1.82, 2.24) is 19.8 Å². The summed E-state index contributed by atoms with van der Waals surface area (Å²) < 4.78 is 102. The van der Waals surface area contributed by atoms with Crippen molar-refractivity contribution in [3.05, 3.63) is 60.2 Å². The molecule has 2 fully saturated rings. The number of carboxylic acids is 3. The van der Waals surface area contributed by atoms with E-state index >= 15 is 0 Å². The van der Waals surface area contributed by atoms with Gasteiger partial charge >= 0.3 is 36.4 Å². The first-order valence-electron chi connectivity index (χ1n) is 13.3. The Balaban J connectivity index is 0.000000430. The van der Waals surface area contributed by atoms with Crippen molar-refractivity contribution >= 4 is 17.9 Å². The lowest BCUT2D eigenvalue weighted by molar-refractivity contribution is -0.193. The van der Waals surface area contributed by atoms with E-state index in [1.54, 1.807) is 0 Å². The lowest BCUT2D eigenvalue weighted by atomic mass is 9.87. The smallest absolute Gasteiger partial charge is 0.475 e. The van der Waals surface area contributed by atoms with Crippen LogP contribution in [0.25, 0.3) is 0 Å². The summed E-state index contributed by atoms with van der Waals surface area (Å²) in [5, 5.41) is 21.4. The number of aromatic nitrogens is 2. The van der Waals surface area contributed by atoms with Crippen molar-refractivity contribution in [3.8, 4) is 0 Å². The van der Waals surface area contributed by atoms with E-state index < -0.39 is 36.4 Å². The van der Waals surface area contributed by atoms with Gasteiger partial charge in [-0.05, 0) is 56.1 Å². The molecule has 1 spiro atoms. The first-order chi connectivity index (χ1) is 21.6. The number of aliphatic carboxylic acids is 3. The predicted octanol–water partition coefficient (Wildman–Crippen LogP) is 4.63. The monoisotopic (exact) mass is 694 g/mol. The van der Waals surface area contributed by atoms with Crippen LogP contribution in [-0.2, 0) is 32.2 Å². The zero-order valence-corrected chi connectivity index (χ0v) is 24.5. The Morgan fingerprint density at radius 2 is 1.32 bits per heavy atom. The summed E-state index contributed by atoms with van der Waals surface area (Å²) in [6.45, 7) is 4.94. The number of ether oxygens (including phenoxy) is 1. The molecule has 0 bridgehead atoms. The standard InChI is InChI=1S/C21H28N4O.3C2HF3O2/c1-24(15-18-5-10-22-11-6-18)20-14-21(26-17-20)7-12-25(13-8-21)16-19-4-2-3-9-23-19;3*3-2(4,5)1(6)7/h2-6,9-11,20H,7-8,12-17H2,1H3;3*(H,6,7). The number of likely N-dealkylation sites (N-methyl/N-ethyl adjacent to an activating group) is 1. The summed E-state index contributed by atoms with van der Waals surface area (Å²) in [4.78, 5) is 40.2. The molecule has 1 unspecified atom stereocenters. The Labute approximate surface area is 261 Å². The number of alkyl halides is 9. The van der Waals surface area contributed by atoms with Gasteiger partial charge in [0.05, 0.1) is 17.9 Å². The summed E-state index contributed by atoms with van der Waals surface area (Å²) in [5.41, 5.74) is 2.55. The number of rotatable bonds is 5. The fourth-order valence-corrected chi connectivity index (χ4v) is 4.20. The van der Waals surface area contributed by atoms with Crippen molar-refractivity contribution < 1.29 is 74.0 Å². The molecular formula is C27H31F9N4O7. The van der Waals surface area contributed by atoms with Crippen LogP contribution in [0.15, 0.2) is 48.9 Å². The SMILES string of the molecule is CN(Cc1ccncc1)C1COC2(CCN(Cc3ccccn3)CC2)C1.O=C(O)C(F)(F)F.O=C(O)C(F)(F)F.O=C(O)C(F)(F)F. The molecule has 2 aliphatic rings. The minimum atomic E-state index is -5.08. The fraction of sp³-hybridized carbons (Fsp3) is 0.519. The van der Waals surface area contributed by atoms with Gasteiger partial charge in [0.2, 0.25) is 0 Å². The van der Waals surface area contributed by atoms with Crippen molar-refractivity contribution in [3.63, 3.8) is 0 Å². The third kappa shape index (κ3) is 15.9. The van der Waals surface area contributed by atoms with Gasteiger partial charge in [-0.3, -0.25) is 19.8 Å². The molecule has 2 saturated heterocycles. The summed E-state index contributed by atoms with van der Waals surface area (Å²) in [6.07, 6.45) is -6.24. The molecule has 47 heavy (non-hydrogen) atoms. The summed E-state index contributed by atoms with van der Waals surface area (Å²) in [7, 11) is 2.21. The zero-order chi connectivity index (χ0) is 36.1. The molecule has 2 aliphatic heterocycles. The maximum absolute atomic E-state index is 10.6. The van der Waals surface area contributed by atoms with E-state index in [2.05, 4.69) is 51.1 Å². The maximum Gasteiger partial charge on any atom is 0.490 e. The number of nitrogens with zero attached hydrogens (tertiary/aromatic N) is 4. The van der Waals surface area contributed by atoms with Gasteiger partial charge in [0.1, 0.15) is 0 Å². The second kappa shape index (κ2) is 17.8. The molecule has 1 atom stereocenters. The average Bonchev–Trinajstić information content (AvgIpc) is 3.39. The van der Waals surface area contributed by atoms with Gasteiger partial charge in [-0.1, -0.05) is 6.07 Å². The third-order valence-electron chi connectivity index (χ3n) is 6.60. The second-order valence-corrected chi connectivity index (χ2v) is 10.1. The van der Waals surface area contributed by atoms with Crippen LogP contribution in [-0.4, -0.2) is 110 Å². The second-order valence-electron chi connectivity index (χ2n) is 10.1. The van der Waals surface area contributed by atoms with Crippen LogP contribution in [0.4, 0.5) is 39.5 Å². The third-order valence-corrected chi connectivity index (χ3v) is 6.60. The van der Waals surface area contributed by atoms with Crippen molar-refractivity contribution in [2.75, 3.05) is 26.7 Å². The summed E-state index contributed by atoms with van der Waals surface area (Å²) in [6, 6.07) is 10.8. The number of carbonyl (C=O) groups is 3. The Morgan fingerprint density at radius 1 is 0.851 bits per heavy atom. The Morgan fingerprint density at radius 3 is 1.72 bits per heavy atom. The highest BCUT2D eigenvalue weighted by Crippen LogP contribution is 2.38. The highest BCUT2D eigenvalue weighted by molar-refractivity contribution is 5.73. The van der Waals surface area contributed by atoms with Crippen LogP contribution in [0.5, 0.6) is 0 Å². The molecule has 0 saturated carbocycles. The van der Waals surface area contributed by atoms with E-state index in [9.17, 15) is 39.5 Å². The van der Waals surface area contributed by atoms with E-state index in [0.29, 0.717) is 6.04 Å². The van der Waals surface area contributed by atoms with Crippen molar-refractivity contribution in [1.29, 1.82) is 0 Å². The minimum absolute atomic E-state index is 0.0811. The molecule has 264 valence electrons. The van der Waals surface area contributed by atoms with Crippen molar-refractivity contribution in [2.24, 2.45) is 0 Å². The van der Waals surface area contributed by atoms with Crippen molar-refractivity contribution in [2.45, 2.75) is 62.5 Å². The van der Waals surface area contributed by atoms with Gasteiger partial charge in [-0.15, -0.1) is 0 Å². The molecule has 2 aromatic rings. The first kappa shape index (κ1) is 41.0. The zero-order valence-electron chi connectivity index (χ0n) is 24.5. The highest BCUT2D eigenvalue weighted by Gasteiger charge is 2.44. The number of carboxylic acid groups (broad SMARTS) is 3. The average molecular weight is 695 g/mol. The van der Waals surface area contributed by atoms with Crippen LogP contribution < -0.4 is 0 Å². The maximum atomic E-state index is 10.6. The number of hydrogen-bond donors (Lipinski definition) is 3. The Hall–Kier alpha value is -4.04. The molecular weight excluding hydrogens is 663 g/mol. The normalized spacial score (nSPS) is 17.7. The van der Waals surface area contributed by atoms with E-state index in [1.165, 1.54) is 5.56 Å². The summed E-state index contributed by atoms with van der Waals surface area (Å²) >= 11 is 0. The molecule has 0 aromatic carbocycles. The Kier molecular flexibility index (Phi) is 15.5. The van der Waals surface area contributed by atoms with E-state index in [-0.39, 0.29) is 5.60 Å².